The van der Waals surface area contributed by atoms with Crippen molar-refractivity contribution in [2.75, 3.05) is 5.73 Å². The van der Waals surface area contributed by atoms with Gasteiger partial charge in [0.2, 0.25) is 0 Å². The highest BCUT2D eigenvalue weighted by molar-refractivity contribution is 9.10. The van der Waals surface area contributed by atoms with Crippen LogP contribution in [0.4, 0.5) is 5.69 Å². The van der Waals surface area contributed by atoms with Gasteiger partial charge in [-0.2, -0.15) is 0 Å². The highest BCUT2D eigenvalue weighted by Crippen LogP contribution is 2.32. The van der Waals surface area contributed by atoms with E-state index in [1.807, 2.05) is 6.07 Å². The molecule has 72 valence electrons. The molecule has 0 atom stereocenters. The number of nitrogens with zero attached hydrogens (tertiary/aromatic N) is 3. The Labute approximate surface area is 97.1 Å². The van der Waals surface area contributed by atoms with Crippen LogP contribution >= 0.6 is 39.0 Å². The molecular formula is C7H5BrN4S2. The molecule has 0 saturated carbocycles. The van der Waals surface area contributed by atoms with Gasteiger partial charge in [-0.15, -0.1) is 10.2 Å². The average molecular weight is 289 g/mol. The van der Waals surface area contributed by atoms with Crippen LogP contribution in [0.15, 0.2) is 31.6 Å². The fourth-order valence-electron chi connectivity index (χ4n) is 0.805. The van der Waals surface area contributed by atoms with E-state index in [9.17, 15) is 0 Å². The lowest BCUT2D eigenvalue weighted by Crippen LogP contribution is -1.88. The van der Waals surface area contributed by atoms with Gasteiger partial charge in [0.1, 0.15) is 10.5 Å². The second-order valence-electron chi connectivity index (χ2n) is 2.36. The van der Waals surface area contributed by atoms with Crippen molar-refractivity contribution in [2.24, 2.45) is 0 Å². The number of halogens is 1. The van der Waals surface area contributed by atoms with Gasteiger partial charge >= 0.3 is 0 Å². The Bertz CT molecular complexity index is 431. The number of pyridine rings is 1. The first kappa shape index (κ1) is 9.88. The Balaban J connectivity index is 2.25. The van der Waals surface area contributed by atoms with Crippen molar-refractivity contribution < 1.29 is 0 Å². The van der Waals surface area contributed by atoms with E-state index in [2.05, 4.69) is 31.1 Å². The molecule has 0 unspecified atom stereocenters. The zero-order valence-corrected chi connectivity index (χ0v) is 10.1. The van der Waals surface area contributed by atoms with E-state index < -0.39 is 0 Å². The molecule has 14 heavy (non-hydrogen) atoms. The Morgan fingerprint density at radius 2 is 2.36 bits per heavy atom. The number of hydrogen-bond acceptors (Lipinski definition) is 6. The minimum absolute atomic E-state index is 0.637. The van der Waals surface area contributed by atoms with Crippen LogP contribution in [0.5, 0.6) is 0 Å². The van der Waals surface area contributed by atoms with E-state index in [-0.39, 0.29) is 0 Å². The molecule has 0 spiro atoms. The Morgan fingerprint density at radius 3 is 3.00 bits per heavy atom. The van der Waals surface area contributed by atoms with E-state index in [0.29, 0.717) is 5.69 Å². The highest BCUT2D eigenvalue weighted by Gasteiger charge is 2.06. The molecule has 0 bridgehead atoms. The summed E-state index contributed by atoms with van der Waals surface area (Å²) in [4.78, 5) is 4.18. The van der Waals surface area contributed by atoms with Gasteiger partial charge in [-0.3, -0.25) is 0 Å². The first-order chi connectivity index (χ1) is 6.75. The lowest BCUT2D eigenvalue weighted by atomic mass is 10.4. The molecule has 2 heterocycles. The molecule has 2 N–H and O–H groups in total. The molecule has 0 fully saturated rings. The molecule has 0 aliphatic carbocycles. The number of nitrogen functional groups attached to an aromatic ring is 1. The second kappa shape index (κ2) is 4.24. The normalized spacial score (nSPS) is 10.4. The minimum Gasteiger partial charge on any atom is -0.397 e. The molecule has 2 aromatic rings. The maximum Gasteiger partial charge on any atom is 0.180 e. The summed E-state index contributed by atoms with van der Waals surface area (Å²) in [5.41, 5.74) is 7.90. The number of hydrogen-bond donors (Lipinski definition) is 1. The molecule has 0 aliphatic heterocycles. The van der Waals surface area contributed by atoms with Gasteiger partial charge in [-0.25, -0.2) is 4.98 Å². The van der Waals surface area contributed by atoms with Crippen LogP contribution in [0.1, 0.15) is 0 Å². The zero-order valence-electron chi connectivity index (χ0n) is 6.85. The third-order valence-electron chi connectivity index (χ3n) is 1.35. The van der Waals surface area contributed by atoms with Gasteiger partial charge in [0.05, 0.1) is 16.4 Å². The van der Waals surface area contributed by atoms with E-state index in [4.69, 9.17) is 5.73 Å². The number of anilines is 1. The molecule has 2 rings (SSSR count). The third kappa shape index (κ3) is 2.23. The molecule has 2 aromatic heterocycles. The van der Waals surface area contributed by atoms with Crippen molar-refractivity contribution in [1.29, 1.82) is 0 Å². The van der Waals surface area contributed by atoms with Gasteiger partial charge in [0.25, 0.3) is 0 Å². The van der Waals surface area contributed by atoms with Crippen LogP contribution in [0.25, 0.3) is 0 Å². The van der Waals surface area contributed by atoms with Crippen LogP contribution in [0.2, 0.25) is 0 Å². The summed E-state index contributed by atoms with van der Waals surface area (Å²) >= 11 is 6.33. The summed E-state index contributed by atoms with van der Waals surface area (Å²) < 4.78 is 1.74. The minimum atomic E-state index is 0.637. The van der Waals surface area contributed by atoms with Crippen LogP contribution in [0, 0.1) is 0 Å². The predicted octanol–water partition coefficient (Wildman–Crippen LogP) is 2.43. The molecule has 0 aliphatic rings. The van der Waals surface area contributed by atoms with Crippen molar-refractivity contribution in [3.05, 3.63) is 22.2 Å². The van der Waals surface area contributed by atoms with Crippen LogP contribution in [0.3, 0.4) is 0 Å². The van der Waals surface area contributed by atoms with Gasteiger partial charge in [-0.1, -0.05) is 11.3 Å². The average Bonchev–Trinajstić information content (AvgIpc) is 2.62. The van der Waals surface area contributed by atoms with Gasteiger partial charge in [0.15, 0.2) is 4.34 Å². The summed E-state index contributed by atoms with van der Waals surface area (Å²) in [5, 5.41) is 8.50. The lowest BCUT2D eigenvalue weighted by molar-refractivity contribution is 1.00. The van der Waals surface area contributed by atoms with E-state index in [1.54, 1.807) is 11.7 Å². The smallest absolute Gasteiger partial charge is 0.180 e. The first-order valence-electron chi connectivity index (χ1n) is 3.61. The topological polar surface area (TPSA) is 64.7 Å². The summed E-state index contributed by atoms with van der Waals surface area (Å²) in [5.74, 6) is 0. The summed E-state index contributed by atoms with van der Waals surface area (Å²) in [6, 6.07) is 1.82. The lowest BCUT2D eigenvalue weighted by Gasteiger charge is -2.00. The third-order valence-corrected chi connectivity index (χ3v) is 4.02. The van der Waals surface area contributed by atoms with Gasteiger partial charge in [-0.05, 0) is 33.8 Å². The van der Waals surface area contributed by atoms with Crippen molar-refractivity contribution in [3.8, 4) is 0 Å². The summed E-state index contributed by atoms with van der Waals surface area (Å²) in [6.45, 7) is 0. The van der Waals surface area contributed by atoms with Gasteiger partial charge < -0.3 is 5.73 Å². The quantitative estimate of drug-likeness (QED) is 0.919. The number of nitrogens with two attached hydrogens (primary N) is 1. The van der Waals surface area contributed by atoms with Crippen molar-refractivity contribution in [2.45, 2.75) is 9.37 Å². The SMILES string of the molecule is Nc1cnc(Sc2nncs2)c(Br)c1. The molecule has 0 amide bonds. The van der Waals surface area contributed by atoms with Crippen LogP contribution < -0.4 is 5.73 Å². The zero-order chi connectivity index (χ0) is 9.97. The molecule has 4 nitrogen and oxygen atoms in total. The maximum absolute atomic E-state index is 5.57. The van der Waals surface area contributed by atoms with Crippen LogP contribution in [-0.2, 0) is 0 Å². The monoisotopic (exact) mass is 288 g/mol. The van der Waals surface area contributed by atoms with Gasteiger partial charge in [0, 0.05) is 0 Å². The molecule has 0 saturated heterocycles. The summed E-state index contributed by atoms with van der Waals surface area (Å²) in [6.07, 6.45) is 1.62. The van der Waals surface area contributed by atoms with Crippen molar-refractivity contribution in [1.82, 2.24) is 15.2 Å². The Hall–Kier alpha value is -0.660. The standard InChI is InChI=1S/C7H5BrN4S2/c8-5-1-4(9)2-10-6(5)14-7-12-11-3-13-7/h1-3H,9H2. The van der Waals surface area contributed by atoms with E-state index >= 15 is 0 Å². The fourth-order valence-corrected chi connectivity index (χ4v) is 2.77. The van der Waals surface area contributed by atoms with Crippen LogP contribution in [-0.4, -0.2) is 15.2 Å². The molecule has 0 aromatic carbocycles. The number of aromatic nitrogens is 3. The maximum atomic E-state index is 5.57. The predicted molar refractivity (Wildman–Crippen MR) is 60.4 cm³/mol. The Morgan fingerprint density at radius 1 is 1.50 bits per heavy atom. The molecular weight excluding hydrogens is 284 g/mol. The van der Waals surface area contributed by atoms with Crippen molar-refractivity contribution >= 4 is 44.7 Å². The largest absolute Gasteiger partial charge is 0.397 e. The first-order valence-corrected chi connectivity index (χ1v) is 6.09. The molecule has 7 heteroatoms. The second-order valence-corrected chi connectivity index (χ2v) is 5.29. The Kier molecular flexibility index (Phi) is 2.99. The van der Waals surface area contributed by atoms with E-state index in [1.165, 1.54) is 23.1 Å². The highest BCUT2D eigenvalue weighted by atomic mass is 79.9. The number of rotatable bonds is 2. The molecule has 0 radical (unpaired) electrons. The van der Waals surface area contributed by atoms with E-state index in [0.717, 1.165) is 13.8 Å². The summed E-state index contributed by atoms with van der Waals surface area (Å²) in [7, 11) is 0. The van der Waals surface area contributed by atoms with Crippen molar-refractivity contribution in [3.63, 3.8) is 0 Å². The fraction of sp³-hybridized carbons (Fsp3) is 0.